The van der Waals surface area contributed by atoms with Gasteiger partial charge in [0.25, 0.3) is 0 Å². The molecule has 1 aromatic carbocycles. The molecule has 18 heavy (non-hydrogen) atoms. The molecule has 0 aromatic heterocycles. The smallest absolute Gasteiger partial charge is 0.0642 e. The van der Waals surface area contributed by atoms with Crippen LogP contribution in [0.5, 0.6) is 0 Å². The van der Waals surface area contributed by atoms with Crippen LogP contribution in [-0.2, 0) is 11.2 Å². The molecule has 2 rings (SSSR count). The fraction of sp³-hybridized carbons (Fsp3) is 0.600. The van der Waals surface area contributed by atoms with Crippen molar-refractivity contribution in [2.75, 3.05) is 38.3 Å². The van der Waals surface area contributed by atoms with Gasteiger partial charge in [-0.15, -0.1) is 0 Å². The van der Waals surface area contributed by atoms with E-state index in [0.717, 1.165) is 32.7 Å². The van der Waals surface area contributed by atoms with Crippen molar-refractivity contribution in [2.45, 2.75) is 25.8 Å². The first-order valence-corrected chi connectivity index (χ1v) is 6.71. The van der Waals surface area contributed by atoms with E-state index >= 15 is 0 Å². The van der Waals surface area contributed by atoms with Gasteiger partial charge in [-0.25, -0.2) is 0 Å². The molecule has 1 N–H and O–H groups in total. The maximum Gasteiger partial charge on any atom is 0.0642 e. The Bertz CT molecular complexity index is 367. The minimum absolute atomic E-state index is 0.153. The van der Waals surface area contributed by atoms with E-state index in [4.69, 9.17) is 4.74 Å². The summed E-state index contributed by atoms with van der Waals surface area (Å²) in [6.45, 7) is 8.14. The number of nitrogens with one attached hydrogen (secondary N) is 1. The molecule has 0 unspecified atom stereocenters. The summed E-state index contributed by atoms with van der Waals surface area (Å²) >= 11 is 0. The predicted octanol–water partition coefficient (Wildman–Crippen LogP) is 2.06. The highest BCUT2D eigenvalue weighted by Crippen LogP contribution is 2.19. The van der Waals surface area contributed by atoms with E-state index in [1.165, 1.54) is 11.3 Å². The van der Waals surface area contributed by atoms with E-state index in [-0.39, 0.29) is 5.54 Å². The van der Waals surface area contributed by atoms with E-state index in [2.05, 4.69) is 48.3 Å². The molecular weight excluding hydrogens is 224 g/mol. The lowest BCUT2D eigenvalue weighted by Crippen LogP contribution is -2.38. The molecule has 0 amide bonds. The lowest BCUT2D eigenvalue weighted by Gasteiger charge is -2.29. The molecule has 3 heteroatoms. The van der Waals surface area contributed by atoms with Crippen molar-refractivity contribution in [1.82, 2.24) is 5.32 Å². The van der Waals surface area contributed by atoms with Crippen molar-refractivity contribution >= 4 is 5.69 Å². The summed E-state index contributed by atoms with van der Waals surface area (Å²) in [5, 5.41) is 3.34. The van der Waals surface area contributed by atoms with Crippen LogP contribution in [0, 0.1) is 0 Å². The first kappa shape index (κ1) is 13.4. The molecule has 1 saturated heterocycles. The molecule has 0 atom stereocenters. The van der Waals surface area contributed by atoms with Crippen LogP contribution in [0.1, 0.15) is 19.4 Å². The number of hydrogen-bond acceptors (Lipinski definition) is 3. The fourth-order valence-corrected chi connectivity index (χ4v) is 2.24. The van der Waals surface area contributed by atoms with Crippen LogP contribution >= 0.6 is 0 Å². The maximum absolute atomic E-state index is 5.38. The van der Waals surface area contributed by atoms with Crippen LogP contribution in [0.15, 0.2) is 24.3 Å². The molecular formula is C15H24N2O. The molecule has 100 valence electrons. The molecule has 0 bridgehead atoms. The lowest BCUT2D eigenvalue weighted by atomic mass is 9.95. The first-order chi connectivity index (χ1) is 8.61. The Labute approximate surface area is 110 Å². The summed E-state index contributed by atoms with van der Waals surface area (Å²) in [6.07, 6.45) is 1.05. The number of ether oxygens (including phenoxy) is 1. The molecule has 3 nitrogen and oxygen atoms in total. The van der Waals surface area contributed by atoms with E-state index < -0.39 is 0 Å². The Morgan fingerprint density at radius 3 is 2.33 bits per heavy atom. The van der Waals surface area contributed by atoms with Gasteiger partial charge in [-0.3, -0.25) is 0 Å². The minimum atomic E-state index is 0.153. The molecule has 1 fully saturated rings. The standard InChI is InChI=1S/C15H24N2O/c1-15(2,16-3)12-13-4-6-14(7-5-13)17-8-10-18-11-9-17/h4-7,16H,8-12H2,1-3H3. The summed E-state index contributed by atoms with van der Waals surface area (Å²) in [4.78, 5) is 2.39. The van der Waals surface area contributed by atoms with Crippen LogP contribution in [0.2, 0.25) is 0 Å². The molecule has 0 saturated carbocycles. The summed E-state index contributed by atoms with van der Waals surface area (Å²) in [5.74, 6) is 0. The Morgan fingerprint density at radius 2 is 1.78 bits per heavy atom. The van der Waals surface area contributed by atoms with Gasteiger partial charge in [0.05, 0.1) is 13.2 Å². The highest BCUT2D eigenvalue weighted by atomic mass is 16.5. The zero-order chi connectivity index (χ0) is 13.0. The third-order valence-electron chi connectivity index (χ3n) is 3.64. The molecule has 0 radical (unpaired) electrons. The van der Waals surface area contributed by atoms with Crippen molar-refractivity contribution in [3.8, 4) is 0 Å². The van der Waals surface area contributed by atoms with Gasteiger partial charge in [0.1, 0.15) is 0 Å². The second kappa shape index (κ2) is 5.72. The van der Waals surface area contributed by atoms with Crippen LogP contribution in [0.25, 0.3) is 0 Å². The van der Waals surface area contributed by atoms with E-state index in [1.807, 2.05) is 7.05 Å². The van der Waals surface area contributed by atoms with Crippen molar-refractivity contribution in [1.29, 1.82) is 0 Å². The molecule has 0 spiro atoms. The van der Waals surface area contributed by atoms with Crippen molar-refractivity contribution in [3.63, 3.8) is 0 Å². The third kappa shape index (κ3) is 3.47. The molecule has 1 heterocycles. The first-order valence-electron chi connectivity index (χ1n) is 6.71. The quantitative estimate of drug-likeness (QED) is 0.883. The monoisotopic (exact) mass is 248 g/mol. The number of likely N-dealkylation sites (N-methyl/N-ethyl adjacent to an activating group) is 1. The highest BCUT2D eigenvalue weighted by Gasteiger charge is 2.16. The average molecular weight is 248 g/mol. The van der Waals surface area contributed by atoms with Gasteiger partial charge in [-0.2, -0.15) is 0 Å². The van der Waals surface area contributed by atoms with Crippen molar-refractivity contribution < 1.29 is 4.74 Å². The normalized spacial score (nSPS) is 16.9. The number of nitrogens with zero attached hydrogens (tertiary/aromatic N) is 1. The zero-order valence-electron chi connectivity index (χ0n) is 11.7. The van der Waals surface area contributed by atoms with Gasteiger partial charge in [0, 0.05) is 24.3 Å². The van der Waals surface area contributed by atoms with E-state index in [9.17, 15) is 0 Å². The third-order valence-corrected chi connectivity index (χ3v) is 3.64. The van der Waals surface area contributed by atoms with Gasteiger partial charge in [0.2, 0.25) is 0 Å². The van der Waals surface area contributed by atoms with Crippen molar-refractivity contribution in [3.05, 3.63) is 29.8 Å². The Hall–Kier alpha value is -1.06. The fourth-order valence-electron chi connectivity index (χ4n) is 2.24. The molecule has 1 aromatic rings. The Kier molecular flexibility index (Phi) is 4.25. The average Bonchev–Trinajstić information content (AvgIpc) is 2.40. The number of rotatable bonds is 4. The maximum atomic E-state index is 5.38. The largest absolute Gasteiger partial charge is 0.378 e. The van der Waals surface area contributed by atoms with Crippen LogP contribution in [0.3, 0.4) is 0 Å². The molecule has 1 aliphatic heterocycles. The van der Waals surface area contributed by atoms with Crippen molar-refractivity contribution in [2.24, 2.45) is 0 Å². The van der Waals surface area contributed by atoms with Gasteiger partial charge in [-0.05, 0) is 45.0 Å². The highest BCUT2D eigenvalue weighted by molar-refractivity contribution is 5.48. The second-order valence-electron chi connectivity index (χ2n) is 5.58. The summed E-state index contributed by atoms with van der Waals surface area (Å²) in [5.41, 5.74) is 2.84. The SMILES string of the molecule is CNC(C)(C)Cc1ccc(N2CCOCC2)cc1. The lowest BCUT2D eigenvalue weighted by molar-refractivity contribution is 0.122. The number of anilines is 1. The van der Waals surface area contributed by atoms with Crippen LogP contribution in [0.4, 0.5) is 5.69 Å². The molecule has 1 aliphatic rings. The second-order valence-corrected chi connectivity index (χ2v) is 5.58. The minimum Gasteiger partial charge on any atom is -0.378 e. The summed E-state index contributed by atoms with van der Waals surface area (Å²) in [6, 6.07) is 8.94. The van der Waals surface area contributed by atoms with Crippen LogP contribution in [-0.4, -0.2) is 38.9 Å². The van der Waals surface area contributed by atoms with Gasteiger partial charge in [-0.1, -0.05) is 12.1 Å². The van der Waals surface area contributed by atoms with Gasteiger partial charge < -0.3 is 15.0 Å². The van der Waals surface area contributed by atoms with Gasteiger partial charge in [0.15, 0.2) is 0 Å². The van der Waals surface area contributed by atoms with E-state index in [0.29, 0.717) is 0 Å². The number of hydrogen-bond donors (Lipinski definition) is 1. The Morgan fingerprint density at radius 1 is 1.17 bits per heavy atom. The van der Waals surface area contributed by atoms with Crippen LogP contribution < -0.4 is 10.2 Å². The number of morpholine rings is 1. The molecule has 0 aliphatic carbocycles. The predicted molar refractivity (Wildman–Crippen MR) is 76.3 cm³/mol. The van der Waals surface area contributed by atoms with E-state index in [1.54, 1.807) is 0 Å². The summed E-state index contributed by atoms with van der Waals surface area (Å²) < 4.78 is 5.38. The zero-order valence-corrected chi connectivity index (χ0v) is 11.7. The Balaban J connectivity index is 2.00. The van der Waals surface area contributed by atoms with Gasteiger partial charge >= 0.3 is 0 Å². The number of benzene rings is 1. The topological polar surface area (TPSA) is 24.5 Å². The summed E-state index contributed by atoms with van der Waals surface area (Å²) in [7, 11) is 2.02.